The smallest absolute Gasteiger partial charge is 0.0998 e. The van der Waals surface area contributed by atoms with Crippen molar-refractivity contribution in [3.8, 4) is 6.07 Å². The third-order valence-electron chi connectivity index (χ3n) is 5.67. The molecule has 1 aromatic heterocycles. The second kappa shape index (κ2) is 5.67. The average Bonchev–Trinajstić information content (AvgIpc) is 2.98. The molecule has 2 aliphatic rings. The Morgan fingerprint density at radius 1 is 1.22 bits per heavy atom. The number of hydrogen-bond donors (Lipinski definition) is 1. The first-order valence-corrected chi connectivity index (χ1v) is 8.66. The van der Waals surface area contributed by atoms with E-state index in [1.807, 2.05) is 30.5 Å². The second-order valence-corrected chi connectivity index (χ2v) is 7.05. The van der Waals surface area contributed by atoms with Crippen LogP contribution in [0.15, 0.2) is 30.5 Å². The van der Waals surface area contributed by atoms with Gasteiger partial charge in [-0.05, 0) is 57.0 Å². The molecule has 23 heavy (non-hydrogen) atoms. The van der Waals surface area contributed by atoms with E-state index in [0.29, 0.717) is 12.1 Å². The number of nitriles is 1. The largest absolute Gasteiger partial charge is 0.386 e. The standard InChI is InChI=1S/C19H23N3O/c20-13-15-5-3-6-17-16(15)8-12-22(17)14-19(23)9-4-11-21-10-2-1-7-18(19)21/h3,5-6,8,12,18,23H,1-2,4,7,9-11,14H2/t18-,19-/m1/s1. The summed E-state index contributed by atoms with van der Waals surface area (Å²) in [7, 11) is 0. The molecule has 2 fully saturated rings. The predicted molar refractivity (Wildman–Crippen MR) is 90.0 cm³/mol. The minimum absolute atomic E-state index is 0.279. The fraction of sp³-hybridized carbons (Fsp3) is 0.526. The molecule has 2 aromatic rings. The van der Waals surface area contributed by atoms with Crippen LogP contribution in [0.5, 0.6) is 0 Å². The van der Waals surface area contributed by atoms with Gasteiger partial charge in [-0.2, -0.15) is 5.26 Å². The second-order valence-electron chi connectivity index (χ2n) is 7.05. The first kappa shape index (κ1) is 14.7. The summed E-state index contributed by atoms with van der Waals surface area (Å²) in [6.45, 7) is 2.86. The van der Waals surface area contributed by atoms with Crippen molar-refractivity contribution in [1.82, 2.24) is 9.47 Å². The maximum atomic E-state index is 11.4. The third kappa shape index (κ3) is 2.45. The third-order valence-corrected chi connectivity index (χ3v) is 5.67. The van der Waals surface area contributed by atoms with E-state index in [2.05, 4.69) is 15.5 Å². The Balaban J connectivity index is 1.68. The van der Waals surface area contributed by atoms with Crippen molar-refractivity contribution in [3.05, 3.63) is 36.0 Å². The summed E-state index contributed by atoms with van der Waals surface area (Å²) >= 11 is 0. The molecule has 0 radical (unpaired) electrons. The van der Waals surface area contributed by atoms with Crippen LogP contribution < -0.4 is 0 Å². The summed E-state index contributed by atoms with van der Waals surface area (Å²) in [5.74, 6) is 0. The van der Waals surface area contributed by atoms with Gasteiger partial charge in [-0.1, -0.05) is 12.5 Å². The van der Waals surface area contributed by atoms with E-state index in [-0.39, 0.29) is 6.04 Å². The van der Waals surface area contributed by atoms with Gasteiger partial charge in [0.1, 0.15) is 0 Å². The maximum Gasteiger partial charge on any atom is 0.0998 e. The lowest BCUT2D eigenvalue weighted by Crippen LogP contribution is -2.60. The summed E-state index contributed by atoms with van der Waals surface area (Å²) in [5, 5.41) is 21.6. The fourth-order valence-corrected chi connectivity index (χ4v) is 4.56. The van der Waals surface area contributed by atoms with Gasteiger partial charge in [0, 0.05) is 23.1 Å². The Kier molecular flexibility index (Phi) is 3.63. The van der Waals surface area contributed by atoms with Gasteiger partial charge in [-0.25, -0.2) is 0 Å². The van der Waals surface area contributed by atoms with Crippen LogP contribution in [-0.2, 0) is 6.54 Å². The molecule has 0 amide bonds. The molecule has 2 saturated heterocycles. The maximum absolute atomic E-state index is 11.4. The molecule has 0 saturated carbocycles. The van der Waals surface area contributed by atoms with Gasteiger partial charge in [-0.15, -0.1) is 0 Å². The summed E-state index contributed by atoms with van der Waals surface area (Å²) < 4.78 is 2.13. The van der Waals surface area contributed by atoms with Crippen LogP contribution >= 0.6 is 0 Å². The van der Waals surface area contributed by atoms with E-state index in [0.717, 1.165) is 43.3 Å². The Morgan fingerprint density at radius 2 is 2.09 bits per heavy atom. The summed E-state index contributed by atoms with van der Waals surface area (Å²) in [6.07, 6.45) is 7.52. The zero-order valence-corrected chi connectivity index (χ0v) is 13.4. The normalized spacial score (nSPS) is 28.4. The van der Waals surface area contributed by atoms with E-state index < -0.39 is 5.60 Å². The molecule has 4 rings (SSSR count). The number of nitrogens with zero attached hydrogens (tertiary/aromatic N) is 3. The first-order chi connectivity index (χ1) is 11.2. The van der Waals surface area contributed by atoms with Crippen molar-refractivity contribution in [3.63, 3.8) is 0 Å². The topological polar surface area (TPSA) is 52.2 Å². The Labute approximate surface area is 136 Å². The average molecular weight is 309 g/mol. The van der Waals surface area contributed by atoms with Crippen LogP contribution in [0.2, 0.25) is 0 Å². The lowest BCUT2D eigenvalue weighted by atomic mass is 9.79. The van der Waals surface area contributed by atoms with E-state index >= 15 is 0 Å². The van der Waals surface area contributed by atoms with E-state index in [1.54, 1.807) is 0 Å². The van der Waals surface area contributed by atoms with E-state index in [9.17, 15) is 10.4 Å². The van der Waals surface area contributed by atoms with E-state index in [4.69, 9.17) is 0 Å². The minimum Gasteiger partial charge on any atom is -0.386 e. The molecule has 0 aliphatic carbocycles. The number of fused-ring (bicyclic) bond motifs is 2. The molecule has 2 aliphatic heterocycles. The van der Waals surface area contributed by atoms with Gasteiger partial charge >= 0.3 is 0 Å². The quantitative estimate of drug-likeness (QED) is 0.928. The van der Waals surface area contributed by atoms with Crippen LogP contribution in [0, 0.1) is 11.3 Å². The van der Waals surface area contributed by atoms with Crippen LogP contribution in [0.1, 0.15) is 37.7 Å². The Hall–Kier alpha value is -1.83. The number of hydrogen-bond acceptors (Lipinski definition) is 3. The summed E-state index contributed by atoms with van der Waals surface area (Å²) in [5.41, 5.74) is 1.09. The van der Waals surface area contributed by atoms with Gasteiger partial charge in [0.2, 0.25) is 0 Å². The molecule has 4 nitrogen and oxygen atoms in total. The zero-order valence-electron chi connectivity index (χ0n) is 13.4. The van der Waals surface area contributed by atoms with Gasteiger partial charge in [-0.3, -0.25) is 4.90 Å². The van der Waals surface area contributed by atoms with Crippen molar-refractivity contribution >= 4 is 10.9 Å². The Bertz CT molecular complexity index is 758. The van der Waals surface area contributed by atoms with Crippen LogP contribution in [0.3, 0.4) is 0 Å². The van der Waals surface area contributed by atoms with Gasteiger partial charge in [0.05, 0.1) is 23.8 Å². The van der Waals surface area contributed by atoms with E-state index in [1.165, 1.54) is 12.8 Å². The molecule has 0 spiro atoms. The lowest BCUT2D eigenvalue weighted by Gasteiger charge is -2.49. The SMILES string of the molecule is N#Cc1cccc2c1ccn2C[C@]1(O)CCCN2CCCC[C@@H]21. The minimum atomic E-state index is -0.659. The number of piperidine rings is 2. The first-order valence-electron chi connectivity index (χ1n) is 8.66. The molecule has 0 bridgehead atoms. The van der Waals surface area contributed by atoms with Crippen molar-refractivity contribution in [2.75, 3.05) is 13.1 Å². The number of benzene rings is 1. The van der Waals surface area contributed by atoms with Gasteiger partial charge in [0.25, 0.3) is 0 Å². The van der Waals surface area contributed by atoms with Crippen molar-refractivity contribution in [2.45, 2.75) is 50.3 Å². The van der Waals surface area contributed by atoms with Crippen LogP contribution in [-0.4, -0.2) is 39.3 Å². The molecule has 2 atom stereocenters. The highest BCUT2D eigenvalue weighted by Gasteiger charge is 2.44. The molecule has 4 heteroatoms. The predicted octanol–water partition coefficient (Wildman–Crippen LogP) is 2.89. The highest BCUT2D eigenvalue weighted by molar-refractivity contribution is 5.86. The molecular weight excluding hydrogens is 286 g/mol. The van der Waals surface area contributed by atoms with Crippen molar-refractivity contribution < 1.29 is 5.11 Å². The van der Waals surface area contributed by atoms with Crippen molar-refractivity contribution in [1.29, 1.82) is 5.26 Å². The molecule has 1 aromatic carbocycles. The molecule has 3 heterocycles. The number of rotatable bonds is 2. The number of aromatic nitrogens is 1. The Morgan fingerprint density at radius 3 is 2.96 bits per heavy atom. The van der Waals surface area contributed by atoms with Gasteiger partial charge in [0.15, 0.2) is 0 Å². The molecular formula is C19H23N3O. The fourth-order valence-electron chi connectivity index (χ4n) is 4.56. The highest BCUT2D eigenvalue weighted by Crippen LogP contribution is 2.36. The summed E-state index contributed by atoms with van der Waals surface area (Å²) in [4.78, 5) is 2.49. The molecule has 1 N–H and O–H groups in total. The molecule has 120 valence electrons. The monoisotopic (exact) mass is 309 g/mol. The van der Waals surface area contributed by atoms with Crippen molar-refractivity contribution in [2.24, 2.45) is 0 Å². The zero-order chi connectivity index (χ0) is 15.9. The highest BCUT2D eigenvalue weighted by atomic mass is 16.3. The summed E-state index contributed by atoms with van der Waals surface area (Å²) in [6, 6.07) is 10.4. The van der Waals surface area contributed by atoms with Gasteiger partial charge < -0.3 is 9.67 Å². The van der Waals surface area contributed by atoms with Crippen LogP contribution in [0.25, 0.3) is 10.9 Å². The number of aliphatic hydroxyl groups is 1. The van der Waals surface area contributed by atoms with Crippen LogP contribution in [0.4, 0.5) is 0 Å². The lowest BCUT2D eigenvalue weighted by molar-refractivity contribution is -0.103. The molecule has 0 unspecified atom stereocenters.